The second kappa shape index (κ2) is 8.86. The van der Waals surface area contributed by atoms with E-state index in [9.17, 15) is 13.6 Å². The van der Waals surface area contributed by atoms with Gasteiger partial charge >= 0.3 is 0 Å². The zero-order chi connectivity index (χ0) is 21.0. The van der Waals surface area contributed by atoms with E-state index in [1.165, 1.54) is 11.0 Å². The summed E-state index contributed by atoms with van der Waals surface area (Å²) in [4.78, 5) is 23.6. The van der Waals surface area contributed by atoms with E-state index in [2.05, 4.69) is 9.97 Å². The number of imidazole rings is 1. The van der Waals surface area contributed by atoms with Crippen molar-refractivity contribution in [2.75, 3.05) is 23.4 Å². The number of hydrogen-bond donors (Lipinski definition) is 1. The van der Waals surface area contributed by atoms with Crippen molar-refractivity contribution in [1.29, 1.82) is 0 Å². The molecule has 1 N–H and O–H groups in total. The van der Waals surface area contributed by atoms with Crippen LogP contribution in [0.1, 0.15) is 29.9 Å². The Morgan fingerprint density at radius 3 is 2.38 bits per heavy atom. The van der Waals surface area contributed by atoms with Gasteiger partial charge in [0.25, 0.3) is 5.91 Å². The maximum Gasteiger partial charge on any atom is 0.264 e. The Hall–Kier alpha value is -3.22. The number of aromatic nitrogens is 2. The monoisotopic (exact) mass is 398 g/mol. The molecule has 2 aromatic carbocycles. The molecule has 152 valence electrons. The molecule has 3 aromatic rings. The van der Waals surface area contributed by atoms with Gasteiger partial charge in [-0.3, -0.25) is 4.79 Å². The van der Waals surface area contributed by atoms with Crippen LogP contribution in [0.5, 0.6) is 0 Å². The molecule has 0 saturated heterocycles. The molecule has 0 unspecified atom stereocenters. The fraction of sp³-hybridized carbons (Fsp3) is 0.273. The molecular formula is C22H24F2N4O. The van der Waals surface area contributed by atoms with Crippen LogP contribution >= 0.6 is 0 Å². The Bertz CT molecular complexity index is 952. The summed E-state index contributed by atoms with van der Waals surface area (Å²) in [6, 6.07) is 10.8. The second-order valence-electron chi connectivity index (χ2n) is 7.34. The van der Waals surface area contributed by atoms with Crippen LogP contribution in [0.3, 0.4) is 0 Å². The Labute approximate surface area is 169 Å². The molecule has 1 heterocycles. The van der Waals surface area contributed by atoms with Gasteiger partial charge in [-0.15, -0.1) is 0 Å². The number of nitrogens with zero attached hydrogens (tertiary/aromatic N) is 3. The zero-order valence-electron chi connectivity index (χ0n) is 16.7. The van der Waals surface area contributed by atoms with Gasteiger partial charge in [-0.2, -0.15) is 0 Å². The molecule has 3 rings (SSSR count). The second-order valence-corrected chi connectivity index (χ2v) is 7.34. The molecule has 0 aliphatic heterocycles. The number of halogens is 2. The van der Waals surface area contributed by atoms with Gasteiger partial charge in [-0.1, -0.05) is 26.0 Å². The van der Waals surface area contributed by atoms with Crippen LogP contribution < -0.4 is 9.80 Å². The van der Waals surface area contributed by atoms with E-state index in [1.54, 1.807) is 12.4 Å². The molecule has 0 spiro atoms. The number of rotatable bonds is 7. The Morgan fingerprint density at radius 2 is 1.76 bits per heavy atom. The predicted molar refractivity (Wildman–Crippen MR) is 110 cm³/mol. The fourth-order valence-corrected chi connectivity index (χ4v) is 3.12. The van der Waals surface area contributed by atoms with Crippen molar-refractivity contribution < 1.29 is 13.6 Å². The lowest BCUT2D eigenvalue weighted by Gasteiger charge is -2.27. The third kappa shape index (κ3) is 4.80. The minimum Gasteiger partial charge on any atom is -0.369 e. The van der Waals surface area contributed by atoms with E-state index < -0.39 is 23.1 Å². The summed E-state index contributed by atoms with van der Waals surface area (Å²) in [5, 5.41) is 0. The quantitative estimate of drug-likeness (QED) is 0.631. The van der Waals surface area contributed by atoms with E-state index in [0.29, 0.717) is 18.8 Å². The largest absolute Gasteiger partial charge is 0.369 e. The number of benzene rings is 2. The zero-order valence-corrected chi connectivity index (χ0v) is 16.7. The minimum atomic E-state index is -0.865. The average Bonchev–Trinajstić information content (AvgIpc) is 3.19. The highest BCUT2D eigenvalue weighted by molar-refractivity contribution is 6.06. The van der Waals surface area contributed by atoms with Crippen molar-refractivity contribution in [2.45, 2.75) is 20.4 Å². The maximum atomic E-state index is 14.2. The van der Waals surface area contributed by atoms with Crippen molar-refractivity contribution in [3.05, 3.63) is 77.9 Å². The third-order valence-corrected chi connectivity index (χ3v) is 4.51. The summed E-state index contributed by atoms with van der Waals surface area (Å²) in [7, 11) is 1.92. The van der Waals surface area contributed by atoms with Crippen LogP contribution in [0, 0.1) is 17.6 Å². The molecule has 5 nitrogen and oxygen atoms in total. The summed E-state index contributed by atoms with van der Waals surface area (Å²) in [6.07, 6.45) is 3.43. The highest BCUT2D eigenvalue weighted by Gasteiger charge is 2.25. The van der Waals surface area contributed by atoms with Gasteiger partial charge < -0.3 is 14.8 Å². The van der Waals surface area contributed by atoms with E-state index in [1.807, 2.05) is 50.2 Å². The van der Waals surface area contributed by atoms with E-state index in [-0.39, 0.29) is 5.92 Å². The van der Waals surface area contributed by atoms with Gasteiger partial charge in [-0.25, -0.2) is 13.8 Å². The number of anilines is 2. The van der Waals surface area contributed by atoms with E-state index >= 15 is 0 Å². The van der Waals surface area contributed by atoms with Gasteiger partial charge in [-0.05, 0) is 36.2 Å². The first-order valence-electron chi connectivity index (χ1n) is 9.41. The molecule has 0 saturated carbocycles. The third-order valence-electron chi connectivity index (χ3n) is 4.51. The lowest BCUT2D eigenvalue weighted by atomic mass is 10.1. The first-order chi connectivity index (χ1) is 13.9. The van der Waals surface area contributed by atoms with Crippen LogP contribution in [-0.2, 0) is 6.54 Å². The normalized spacial score (nSPS) is 11.0. The van der Waals surface area contributed by atoms with E-state index in [4.69, 9.17) is 0 Å². The molecule has 0 atom stereocenters. The standard InChI is InChI=1S/C22H24F2N4O/c1-15(2)12-28(22(29)21-19(23)8-5-9-20(21)24)18-7-4-6-17(10-18)27(3)13-16-11-25-14-26-16/h4-11,14-15H,12-13H2,1-3H3,(H,25,26). The maximum absolute atomic E-state index is 14.2. The predicted octanol–water partition coefficient (Wildman–Crippen LogP) is 4.63. The van der Waals surface area contributed by atoms with Gasteiger partial charge in [0.05, 0.1) is 18.6 Å². The number of hydrogen-bond acceptors (Lipinski definition) is 3. The van der Waals surface area contributed by atoms with Crippen LogP contribution in [0.25, 0.3) is 0 Å². The van der Waals surface area contributed by atoms with Gasteiger partial charge in [0.1, 0.15) is 17.2 Å². The number of H-pyrrole nitrogens is 1. The van der Waals surface area contributed by atoms with Crippen molar-refractivity contribution in [2.24, 2.45) is 5.92 Å². The number of carbonyl (C=O) groups is 1. The Balaban J connectivity index is 1.94. The molecule has 0 aliphatic carbocycles. The summed E-state index contributed by atoms with van der Waals surface area (Å²) in [6.45, 7) is 4.81. The smallest absolute Gasteiger partial charge is 0.264 e. The van der Waals surface area contributed by atoms with Gasteiger partial charge in [0.15, 0.2) is 0 Å². The van der Waals surface area contributed by atoms with Gasteiger partial charge in [0.2, 0.25) is 0 Å². The Kier molecular flexibility index (Phi) is 6.26. The van der Waals surface area contributed by atoms with Crippen molar-refractivity contribution in [3.63, 3.8) is 0 Å². The van der Waals surface area contributed by atoms with Crippen LogP contribution in [0.4, 0.5) is 20.2 Å². The number of aromatic amines is 1. The van der Waals surface area contributed by atoms with Crippen LogP contribution in [0.2, 0.25) is 0 Å². The Morgan fingerprint density at radius 1 is 1.10 bits per heavy atom. The number of nitrogens with one attached hydrogen (secondary N) is 1. The molecule has 0 aliphatic rings. The van der Waals surface area contributed by atoms with Crippen molar-refractivity contribution >= 4 is 17.3 Å². The first-order valence-corrected chi connectivity index (χ1v) is 9.41. The average molecular weight is 398 g/mol. The SMILES string of the molecule is CC(C)CN(C(=O)c1c(F)cccc1F)c1cccc(N(C)Cc2c[nH]cn2)c1. The lowest BCUT2D eigenvalue weighted by molar-refractivity contribution is 0.0975. The highest BCUT2D eigenvalue weighted by atomic mass is 19.1. The molecule has 0 bridgehead atoms. The number of carbonyl (C=O) groups excluding carboxylic acids is 1. The van der Waals surface area contributed by atoms with Crippen molar-refractivity contribution in [1.82, 2.24) is 9.97 Å². The fourth-order valence-electron chi connectivity index (χ4n) is 3.12. The summed E-state index contributed by atoms with van der Waals surface area (Å²) < 4.78 is 28.5. The molecule has 0 fully saturated rings. The molecule has 1 amide bonds. The minimum absolute atomic E-state index is 0.110. The van der Waals surface area contributed by atoms with Gasteiger partial charge in [0, 0.05) is 31.2 Å². The molecule has 29 heavy (non-hydrogen) atoms. The van der Waals surface area contributed by atoms with Crippen molar-refractivity contribution in [3.8, 4) is 0 Å². The van der Waals surface area contributed by atoms with E-state index in [0.717, 1.165) is 23.5 Å². The molecule has 0 radical (unpaired) electrons. The molecular weight excluding hydrogens is 374 g/mol. The summed E-state index contributed by atoms with van der Waals surface area (Å²) in [5.74, 6) is -2.31. The topological polar surface area (TPSA) is 52.2 Å². The van der Waals surface area contributed by atoms with Crippen LogP contribution in [0.15, 0.2) is 55.0 Å². The number of amides is 1. The highest BCUT2D eigenvalue weighted by Crippen LogP contribution is 2.26. The first kappa shape index (κ1) is 20.5. The lowest BCUT2D eigenvalue weighted by Crippen LogP contribution is -2.35. The molecule has 7 heteroatoms. The summed E-state index contributed by atoms with van der Waals surface area (Å²) >= 11 is 0. The summed E-state index contributed by atoms with van der Waals surface area (Å²) in [5.41, 5.74) is 1.78. The molecule has 1 aromatic heterocycles. The van der Waals surface area contributed by atoms with Crippen LogP contribution in [-0.4, -0.2) is 29.5 Å².